The molecule has 0 aliphatic carbocycles. The maximum atomic E-state index is 12.2. The standard InChI is InChI=1S/C18H12Cl2N4O4S2/c19-10-2-3-11(12(20)6-10)13-7-30-18(22-13)23-16(25)8-29-15-4-1-9(17(21)26)5-14(15)24(27)28/h1-7H,8H2,(H2,21,26)(H,22,23,25). The molecule has 0 bridgehead atoms. The molecule has 2 aromatic carbocycles. The van der Waals surface area contributed by atoms with Gasteiger partial charge in [-0.15, -0.1) is 23.1 Å². The summed E-state index contributed by atoms with van der Waals surface area (Å²) in [5.41, 5.74) is 6.14. The highest BCUT2D eigenvalue weighted by atomic mass is 35.5. The molecule has 0 fully saturated rings. The molecule has 2 amide bonds. The second kappa shape index (κ2) is 9.43. The van der Waals surface area contributed by atoms with Gasteiger partial charge in [-0.3, -0.25) is 19.7 Å². The lowest BCUT2D eigenvalue weighted by Gasteiger charge is -2.05. The molecular formula is C18H12Cl2N4O4S2. The number of nitro benzene ring substituents is 1. The molecule has 0 saturated carbocycles. The lowest BCUT2D eigenvalue weighted by atomic mass is 10.2. The van der Waals surface area contributed by atoms with Crippen molar-refractivity contribution in [2.45, 2.75) is 4.90 Å². The number of nitro groups is 1. The lowest BCUT2D eigenvalue weighted by Crippen LogP contribution is -2.14. The molecule has 30 heavy (non-hydrogen) atoms. The highest BCUT2D eigenvalue weighted by Gasteiger charge is 2.18. The van der Waals surface area contributed by atoms with Gasteiger partial charge in [0, 0.05) is 27.6 Å². The highest BCUT2D eigenvalue weighted by Crippen LogP contribution is 2.33. The number of carbonyl (C=O) groups excluding carboxylic acids is 2. The number of primary amides is 1. The minimum absolute atomic E-state index is 0.0201. The van der Waals surface area contributed by atoms with Gasteiger partial charge >= 0.3 is 0 Å². The number of hydrogen-bond donors (Lipinski definition) is 2. The Morgan fingerprint density at radius 3 is 2.67 bits per heavy atom. The van der Waals surface area contributed by atoms with Gasteiger partial charge in [-0.25, -0.2) is 4.98 Å². The quantitative estimate of drug-likeness (QED) is 0.281. The molecule has 0 saturated heterocycles. The van der Waals surface area contributed by atoms with Crippen molar-refractivity contribution in [2.24, 2.45) is 5.73 Å². The summed E-state index contributed by atoms with van der Waals surface area (Å²) in [6.07, 6.45) is 0. The number of rotatable bonds is 7. The highest BCUT2D eigenvalue weighted by molar-refractivity contribution is 8.00. The predicted octanol–water partition coefficient (Wildman–Crippen LogP) is 4.85. The van der Waals surface area contributed by atoms with Crippen LogP contribution in [0.1, 0.15) is 10.4 Å². The van der Waals surface area contributed by atoms with E-state index in [-0.39, 0.29) is 21.9 Å². The van der Waals surface area contributed by atoms with E-state index < -0.39 is 16.7 Å². The van der Waals surface area contributed by atoms with Crippen molar-refractivity contribution in [3.8, 4) is 11.3 Å². The van der Waals surface area contributed by atoms with Crippen LogP contribution < -0.4 is 11.1 Å². The Kier molecular flexibility index (Phi) is 6.93. The van der Waals surface area contributed by atoms with Crippen LogP contribution in [0, 0.1) is 10.1 Å². The van der Waals surface area contributed by atoms with E-state index >= 15 is 0 Å². The summed E-state index contributed by atoms with van der Waals surface area (Å²) in [6.45, 7) is 0. The third-order valence-electron chi connectivity index (χ3n) is 3.76. The molecule has 3 N–H and O–H groups in total. The fourth-order valence-corrected chi connectivity index (χ4v) is 4.42. The molecule has 1 aromatic heterocycles. The fraction of sp³-hybridized carbons (Fsp3) is 0.0556. The van der Waals surface area contributed by atoms with Gasteiger partial charge in [0.2, 0.25) is 11.8 Å². The summed E-state index contributed by atoms with van der Waals surface area (Å²) in [5, 5.41) is 16.9. The van der Waals surface area contributed by atoms with Crippen LogP contribution in [0.15, 0.2) is 46.7 Å². The maximum absolute atomic E-state index is 12.2. The average molecular weight is 483 g/mol. The van der Waals surface area contributed by atoms with Gasteiger partial charge < -0.3 is 11.1 Å². The first-order chi connectivity index (χ1) is 14.2. The van der Waals surface area contributed by atoms with E-state index in [0.29, 0.717) is 26.4 Å². The van der Waals surface area contributed by atoms with Crippen molar-refractivity contribution < 1.29 is 14.5 Å². The summed E-state index contributed by atoms with van der Waals surface area (Å²) in [6, 6.07) is 8.87. The third-order valence-corrected chi connectivity index (χ3v) is 6.12. The zero-order valence-electron chi connectivity index (χ0n) is 14.9. The molecule has 0 unspecified atom stereocenters. The van der Waals surface area contributed by atoms with Gasteiger partial charge in [-0.2, -0.15) is 0 Å². The third kappa shape index (κ3) is 5.28. The lowest BCUT2D eigenvalue weighted by molar-refractivity contribution is -0.387. The Balaban J connectivity index is 1.66. The first kappa shape index (κ1) is 22.0. The molecule has 0 aliphatic heterocycles. The SMILES string of the molecule is NC(=O)c1ccc(SCC(=O)Nc2nc(-c3ccc(Cl)cc3Cl)cs2)c([N+](=O)[O-])c1. The molecule has 0 atom stereocenters. The van der Waals surface area contributed by atoms with E-state index in [0.717, 1.165) is 17.8 Å². The number of halogens is 2. The molecule has 8 nitrogen and oxygen atoms in total. The van der Waals surface area contributed by atoms with E-state index in [1.165, 1.54) is 23.5 Å². The normalized spacial score (nSPS) is 10.6. The zero-order valence-corrected chi connectivity index (χ0v) is 18.1. The summed E-state index contributed by atoms with van der Waals surface area (Å²) in [5.74, 6) is -1.25. The average Bonchev–Trinajstić information content (AvgIpc) is 3.14. The number of anilines is 1. The minimum atomic E-state index is -0.771. The van der Waals surface area contributed by atoms with Crippen molar-refractivity contribution in [3.63, 3.8) is 0 Å². The number of nitrogens with one attached hydrogen (secondary N) is 1. The number of amides is 2. The summed E-state index contributed by atoms with van der Waals surface area (Å²) in [4.78, 5) is 38.6. The van der Waals surface area contributed by atoms with Gasteiger partial charge in [-0.05, 0) is 30.3 Å². The van der Waals surface area contributed by atoms with Gasteiger partial charge in [0.05, 0.1) is 26.3 Å². The van der Waals surface area contributed by atoms with Crippen LogP contribution in [0.2, 0.25) is 10.0 Å². The van der Waals surface area contributed by atoms with Crippen molar-refractivity contribution in [1.82, 2.24) is 4.98 Å². The van der Waals surface area contributed by atoms with E-state index in [4.69, 9.17) is 28.9 Å². The first-order valence-corrected chi connectivity index (χ1v) is 10.8. The van der Waals surface area contributed by atoms with Gasteiger partial charge in [0.15, 0.2) is 5.13 Å². The number of thioether (sulfide) groups is 1. The molecule has 0 radical (unpaired) electrons. The van der Waals surface area contributed by atoms with E-state index in [1.807, 2.05) is 0 Å². The Morgan fingerprint density at radius 2 is 2.00 bits per heavy atom. The van der Waals surface area contributed by atoms with E-state index in [9.17, 15) is 19.7 Å². The molecule has 3 rings (SSSR count). The number of aromatic nitrogens is 1. The van der Waals surface area contributed by atoms with Gasteiger partial charge in [-0.1, -0.05) is 23.2 Å². The minimum Gasteiger partial charge on any atom is -0.366 e. The molecule has 0 aliphatic rings. The summed E-state index contributed by atoms with van der Waals surface area (Å²) in [7, 11) is 0. The summed E-state index contributed by atoms with van der Waals surface area (Å²) >= 11 is 14.2. The summed E-state index contributed by atoms with van der Waals surface area (Å²) < 4.78 is 0. The van der Waals surface area contributed by atoms with Crippen LogP contribution >= 0.6 is 46.3 Å². The Labute approximate surface area is 188 Å². The second-order valence-electron chi connectivity index (χ2n) is 5.80. The van der Waals surface area contributed by atoms with Crippen LogP contribution in [-0.4, -0.2) is 27.5 Å². The molecule has 0 spiro atoms. The largest absolute Gasteiger partial charge is 0.366 e. The number of benzene rings is 2. The van der Waals surface area contributed by atoms with Crippen LogP contribution in [0.3, 0.4) is 0 Å². The number of thiazole rings is 1. The first-order valence-electron chi connectivity index (χ1n) is 8.16. The number of carbonyl (C=O) groups is 2. The maximum Gasteiger partial charge on any atom is 0.283 e. The van der Waals surface area contributed by atoms with Gasteiger partial charge in [0.25, 0.3) is 5.69 Å². The smallest absolute Gasteiger partial charge is 0.283 e. The molecule has 3 aromatic rings. The van der Waals surface area contributed by atoms with Crippen LogP contribution in [-0.2, 0) is 4.79 Å². The second-order valence-corrected chi connectivity index (χ2v) is 8.52. The van der Waals surface area contributed by atoms with Gasteiger partial charge in [0.1, 0.15) is 0 Å². The van der Waals surface area contributed by atoms with Crippen molar-refractivity contribution in [3.05, 3.63) is 67.5 Å². The number of nitrogens with two attached hydrogens (primary N) is 1. The van der Waals surface area contributed by atoms with E-state index in [2.05, 4.69) is 10.3 Å². The molecule has 12 heteroatoms. The van der Waals surface area contributed by atoms with Crippen LogP contribution in [0.4, 0.5) is 10.8 Å². The molecular weight excluding hydrogens is 471 g/mol. The Morgan fingerprint density at radius 1 is 1.23 bits per heavy atom. The van der Waals surface area contributed by atoms with Crippen molar-refractivity contribution in [1.29, 1.82) is 0 Å². The monoisotopic (exact) mass is 482 g/mol. The number of hydrogen-bond acceptors (Lipinski definition) is 7. The van der Waals surface area contributed by atoms with Crippen molar-refractivity contribution in [2.75, 3.05) is 11.1 Å². The van der Waals surface area contributed by atoms with E-state index in [1.54, 1.807) is 23.6 Å². The Bertz CT molecular complexity index is 1150. The van der Waals surface area contributed by atoms with Crippen LogP contribution in [0.5, 0.6) is 0 Å². The molecule has 154 valence electrons. The zero-order chi connectivity index (χ0) is 21.8. The topological polar surface area (TPSA) is 128 Å². The molecule has 1 heterocycles. The van der Waals surface area contributed by atoms with Crippen molar-refractivity contribution >= 4 is 68.9 Å². The predicted molar refractivity (Wildman–Crippen MR) is 119 cm³/mol. The van der Waals surface area contributed by atoms with Crippen LogP contribution in [0.25, 0.3) is 11.3 Å². The Hall–Kier alpha value is -2.66. The number of nitrogens with zero attached hydrogens (tertiary/aromatic N) is 2. The fourth-order valence-electron chi connectivity index (χ4n) is 2.39.